The molecule has 2 aliphatic heterocycles. The van der Waals surface area contributed by atoms with Gasteiger partial charge in [0, 0.05) is 35.0 Å². The number of rotatable bonds is 6. The Hall–Kier alpha value is -2.40. The molecule has 37 heavy (non-hydrogen) atoms. The van der Waals surface area contributed by atoms with E-state index in [0.29, 0.717) is 11.6 Å². The van der Waals surface area contributed by atoms with Crippen molar-refractivity contribution in [2.24, 2.45) is 11.3 Å². The molecular weight excluding hydrogens is 459 g/mol. The van der Waals surface area contributed by atoms with Crippen molar-refractivity contribution in [1.82, 2.24) is 20.0 Å². The number of hydrogen-bond donors (Lipinski definition) is 1. The highest BCUT2D eigenvalue weighted by Crippen LogP contribution is 2.47. The molecule has 0 amide bonds. The maximum absolute atomic E-state index is 14.2. The van der Waals surface area contributed by atoms with Crippen LogP contribution in [0.2, 0.25) is 0 Å². The number of halogens is 1. The second-order valence-electron chi connectivity index (χ2n) is 12.5. The van der Waals surface area contributed by atoms with E-state index in [-0.39, 0.29) is 5.41 Å². The minimum absolute atomic E-state index is 0.155. The summed E-state index contributed by atoms with van der Waals surface area (Å²) in [5.41, 5.74) is 5.53. The summed E-state index contributed by atoms with van der Waals surface area (Å²) in [6.07, 6.45) is 13.5. The predicted octanol–water partition coefficient (Wildman–Crippen LogP) is 7.37. The van der Waals surface area contributed by atoms with Crippen LogP contribution in [0.3, 0.4) is 0 Å². The van der Waals surface area contributed by atoms with E-state index in [1.807, 2.05) is 35.1 Å². The van der Waals surface area contributed by atoms with Gasteiger partial charge in [-0.25, -0.2) is 9.07 Å². The summed E-state index contributed by atoms with van der Waals surface area (Å²) in [5, 5.41) is 8.50. The normalized spacial score (nSPS) is 23.4. The molecule has 1 unspecified atom stereocenters. The van der Waals surface area contributed by atoms with E-state index in [2.05, 4.69) is 35.4 Å². The van der Waals surface area contributed by atoms with Crippen molar-refractivity contribution in [2.45, 2.75) is 96.8 Å². The first-order chi connectivity index (χ1) is 17.6. The molecule has 1 atom stereocenters. The fraction of sp³-hybridized carbons (Fsp3) is 0.594. The summed E-state index contributed by atoms with van der Waals surface area (Å²) in [7, 11) is 0. The minimum atomic E-state index is -1.34. The molecule has 3 aliphatic rings. The smallest absolute Gasteiger partial charge is 0.130 e. The van der Waals surface area contributed by atoms with Crippen molar-refractivity contribution in [3.63, 3.8) is 0 Å². The van der Waals surface area contributed by atoms with Crippen LogP contribution in [0.15, 0.2) is 54.9 Å². The van der Waals surface area contributed by atoms with Crippen LogP contribution in [-0.4, -0.2) is 33.8 Å². The average molecular weight is 505 g/mol. The molecule has 3 fully saturated rings. The standard InChI is InChI=1S/C32H45FN4/c1-23-20-32(25(3)35-30(23)19-26-9-7-6-8-10-26)15-17-36(18-16-32)22-27-21-34-37(24(27)2)29-13-11-28(12-14-29)31(4,5)33/h11-14,21,26,30,35H,1,3,6-10,15-20,22H2,2,4-5H3. The summed E-state index contributed by atoms with van der Waals surface area (Å²) < 4.78 is 16.2. The second kappa shape index (κ2) is 10.4. The highest BCUT2D eigenvalue weighted by atomic mass is 19.1. The van der Waals surface area contributed by atoms with Crippen LogP contribution in [0.5, 0.6) is 0 Å². The Morgan fingerprint density at radius 2 is 1.76 bits per heavy atom. The van der Waals surface area contributed by atoms with Crippen LogP contribution in [0.25, 0.3) is 5.69 Å². The lowest BCUT2D eigenvalue weighted by Crippen LogP contribution is -2.50. The molecule has 1 aromatic heterocycles. The van der Waals surface area contributed by atoms with Crippen LogP contribution in [0.4, 0.5) is 4.39 Å². The lowest BCUT2D eigenvalue weighted by atomic mass is 9.67. The third-order valence-electron chi connectivity index (χ3n) is 9.46. The Morgan fingerprint density at radius 3 is 2.41 bits per heavy atom. The molecule has 1 saturated carbocycles. The van der Waals surface area contributed by atoms with Crippen molar-refractivity contribution in [3.8, 4) is 5.69 Å². The summed E-state index contributed by atoms with van der Waals surface area (Å²) in [4.78, 5) is 2.55. The fourth-order valence-electron chi connectivity index (χ4n) is 6.83. The predicted molar refractivity (Wildman–Crippen MR) is 150 cm³/mol. The van der Waals surface area contributed by atoms with Gasteiger partial charge < -0.3 is 5.32 Å². The average Bonchev–Trinajstić information content (AvgIpc) is 3.24. The van der Waals surface area contributed by atoms with Gasteiger partial charge in [-0.2, -0.15) is 5.10 Å². The van der Waals surface area contributed by atoms with Crippen LogP contribution in [0, 0.1) is 18.3 Å². The number of likely N-dealkylation sites (tertiary alicyclic amines) is 1. The first-order valence-corrected chi connectivity index (χ1v) is 14.3. The van der Waals surface area contributed by atoms with E-state index in [9.17, 15) is 4.39 Å². The molecule has 5 heteroatoms. The van der Waals surface area contributed by atoms with E-state index in [1.54, 1.807) is 13.8 Å². The lowest BCUT2D eigenvalue weighted by molar-refractivity contribution is 0.107. The van der Waals surface area contributed by atoms with Gasteiger partial charge in [0.25, 0.3) is 0 Å². The Bertz CT molecular complexity index is 1110. The third-order valence-corrected chi connectivity index (χ3v) is 9.46. The quantitative estimate of drug-likeness (QED) is 0.417. The topological polar surface area (TPSA) is 33.1 Å². The van der Waals surface area contributed by atoms with E-state index in [4.69, 9.17) is 0 Å². The largest absolute Gasteiger partial charge is 0.382 e. The number of benzene rings is 1. The molecule has 3 heterocycles. The monoisotopic (exact) mass is 504 g/mol. The Kier molecular flexibility index (Phi) is 7.37. The summed E-state index contributed by atoms with van der Waals surface area (Å²) in [6.45, 7) is 17.4. The first kappa shape index (κ1) is 26.2. The second-order valence-corrected chi connectivity index (χ2v) is 12.5. The third kappa shape index (κ3) is 5.57. The summed E-state index contributed by atoms with van der Waals surface area (Å²) >= 11 is 0. The van der Waals surface area contributed by atoms with Gasteiger partial charge in [0.05, 0.1) is 11.9 Å². The number of nitrogens with zero attached hydrogens (tertiary/aromatic N) is 3. The van der Waals surface area contributed by atoms with Crippen molar-refractivity contribution >= 4 is 0 Å². The van der Waals surface area contributed by atoms with Crippen molar-refractivity contribution in [2.75, 3.05) is 13.1 Å². The highest BCUT2D eigenvalue weighted by molar-refractivity contribution is 5.38. The summed E-state index contributed by atoms with van der Waals surface area (Å²) in [5.74, 6) is 0.851. The Labute approximate surface area is 223 Å². The van der Waals surface area contributed by atoms with Crippen molar-refractivity contribution < 1.29 is 4.39 Å². The molecule has 1 N–H and O–H groups in total. The van der Waals surface area contributed by atoms with Gasteiger partial charge in [-0.05, 0) is 83.2 Å². The van der Waals surface area contributed by atoms with Gasteiger partial charge in [-0.3, -0.25) is 4.90 Å². The van der Waals surface area contributed by atoms with Crippen molar-refractivity contribution in [3.05, 3.63) is 71.7 Å². The molecule has 5 rings (SSSR count). The number of aromatic nitrogens is 2. The number of allylic oxidation sites excluding steroid dienone is 1. The number of nitrogens with one attached hydrogen (secondary N) is 1. The first-order valence-electron chi connectivity index (χ1n) is 14.3. The van der Waals surface area contributed by atoms with E-state index < -0.39 is 5.67 Å². The van der Waals surface area contributed by atoms with Crippen molar-refractivity contribution in [1.29, 1.82) is 0 Å². The molecule has 1 spiro atoms. The van der Waals surface area contributed by atoms with Gasteiger partial charge in [0.15, 0.2) is 0 Å². The number of alkyl halides is 1. The lowest BCUT2D eigenvalue weighted by Gasteiger charge is -2.49. The molecule has 4 nitrogen and oxygen atoms in total. The van der Waals surface area contributed by atoms with Gasteiger partial charge in [0.2, 0.25) is 0 Å². The number of hydrogen-bond acceptors (Lipinski definition) is 3. The Morgan fingerprint density at radius 1 is 1.08 bits per heavy atom. The highest BCUT2D eigenvalue weighted by Gasteiger charge is 2.42. The SMILES string of the molecule is C=C1CC2(CCN(Cc3cnn(-c4ccc(C(C)(C)F)cc4)c3C)CC2)C(=C)NC1CC1CCCCC1. The minimum Gasteiger partial charge on any atom is -0.382 e. The van der Waals surface area contributed by atoms with Crippen LogP contribution < -0.4 is 5.32 Å². The molecule has 0 radical (unpaired) electrons. The van der Waals surface area contributed by atoms with Gasteiger partial charge >= 0.3 is 0 Å². The zero-order chi connectivity index (χ0) is 26.2. The molecular formula is C32H45FN4. The van der Waals surface area contributed by atoms with E-state index >= 15 is 0 Å². The molecule has 2 saturated heterocycles. The maximum atomic E-state index is 14.2. The zero-order valence-corrected chi connectivity index (χ0v) is 23.2. The van der Waals surface area contributed by atoms with Crippen LogP contribution in [0.1, 0.15) is 88.5 Å². The molecule has 200 valence electrons. The Balaban J connectivity index is 1.17. The maximum Gasteiger partial charge on any atom is 0.130 e. The van der Waals surface area contributed by atoms with E-state index in [0.717, 1.165) is 56.2 Å². The number of piperidine rings is 2. The fourth-order valence-corrected chi connectivity index (χ4v) is 6.83. The van der Waals surface area contributed by atoms with Gasteiger partial charge in [-0.15, -0.1) is 0 Å². The molecule has 1 aromatic carbocycles. The van der Waals surface area contributed by atoms with Gasteiger partial charge in [0.1, 0.15) is 5.67 Å². The van der Waals surface area contributed by atoms with Gasteiger partial charge in [-0.1, -0.05) is 63.0 Å². The molecule has 0 bridgehead atoms. The zero-order valence-electron chi connectivity index (χ0n) is 23.2. The molecule has 2 aromatic rings. The molecule has 1 aliphatic carbocycles. The summed E-state index contributed by atoms with van der Waals surface area (Å²) in [6, 6.07) is 8.05. The van der Waals surface area contributed by atoms with Crippen LogP contribution >= 0.6 is 0 Å². The van der Waals surface area contributed by atoms with E-state index in [1.165, 1.54) is 55.4 Å². The van der Waals surface area contributed by atoms with Crippen LogP contribution in [-0.2, 0) is 12.2 Å².